The van der Waals surface area contributed by atoms with E-state index in [2.05, 4.69) is 17.2 Å². The molecule has 2 atom stereocenters. The molecule has 1 aliphatic carbocycles. The number of rotatable bonds is 7. The zero-order valence-corrected chi connectivity index (χ0v) is 13.6. The van der Waals surface area contributed by atoms with Gasteiger partial charge in [-0.25, -0.2) is 0 Å². The van der Waals surface area contributed by atoms with Crippen LogP contribution in [0, 0.1) is 11.8 Å². The van der Waals surface area contributed by atoms with E-state index in [1.54, 1.807) is 18.2 Å². The molecule has 1 fully saturated rings. The van der Waals surface area contributed by atoms with Gasteiger partial charge in [0.1, 0.15) is 0 Å². The van der Waals surface area contributed by atoms with Crippen molar-refractivity contribution in [2.24, 2.45) is 11.8 Å². The Kier molecular flexibility index (Phi) is 5.86. The summed E-state index contributed by atoms with van der Waals surface area (Å²) in [4.78, 5) is 23.6. The van der Waals surface area contributed by atoms with Crippen LogP contribution < -0.4 is 10.6 Å². The van der Waals surface area contributed by atoms with Crippen LogP contribution in [0.5, 0.6) is 0 Å². The van der Waals surface area contributed by atoms with Gasteiger partial charge in [-0.3, -0.25) is 9.59 Å². The first-order valence-corrected chi connectivity index (χ1v) is 7.88. The Morgan fingerprint density at radius 3 is 2.55 bits per heavy atom. The zero-order valence-electron chi connectivity index (χ0n) is 12.1. The Bertz CT molecular complexity index is 590. The van der Waals surface area contributed by atoms with Crippen LogP contribution in [0.1, 0.15) is 12.0 Å². The summed E-state index contributed by atoms with van der Waals surface area (Å²) in [6.45, 7) is 4.45. The molecule has 0 aromatic heterocycles. The van der Waals surface area contributed by atoms with Crippen LogP contribution in [0.4, 0.5) is 0 Å². The van der Waals surface area contributed by atoms with Gasteiger partial charge in [0.25, 0.3) is 0 Å². The van der Waals surface area contributed by atoms with Crippen LogP contribution in [0.3, 0.4) is 0 Å². The number of carbonyl (C=O) groups is 2. The lowest BCUT2D eigenvalue weighted by molar-refractivity contribution is -0.127. The van der Waals surface area contributed by atoms with Gasteiger partial charge in [-0.05, 0) is 30.5 Å². The summed E-state index contributed by atoms with van der Waals surface area (Å²) in [7, 11) is 0. The van der Waals surface area contributed by atoms with Crippen molar-refractivity contribution in [1.82, 2.24) is 10.6 Å². The van der Waals surface area contributed by atoms with Gasteiger partial charge in [0.2, 0.25) is 11.8 Å². The monoisotopic (exact) mass is 340 g/mol. The minimum absolute atomic E-state index is 0.0798. The lowest BCUT2D eigenvalue weighted by atomic mass is 10.1. The second-order valence-electron chi connectivity index (χ2n) is 5.26. The summed E-state index contributed by atoms with van der Waals surface area (Å²) in [6.07, 6.45) is 2.85. The molecule has 22 heavy (non-hydrogen) atoms. The van der Waals surface area contributed by atoms with Gasteiger partial charge in [-0.1, -0.05) is 35.3 Å². The minimum atomic E-state index is -0.217. The summed E-state index contributed by atoms with van der Waals surface area (Å²) in [6, 6.07) is 5.30. The molecule has 6 heteroatoms. The van der Waals surface area contributed by atoms with Gasteiger partial charge in [0.05, 0.1) is 11.8 Å². The van der Waals surface area contributed by atoms with Crippen molar-refractivity contribution < 1.29 is 9.59 Å². The minimum Gasteiger partial charge on any atom is -0.356 e. The first-order valence-electron chi connectivity index (χ1n) is 7.13. The average molecular weight is 341 g/mol. The number of carbonyl (C=O) groups excluding carboxylic acids is 2. The normalized spacial score (nSPS) is 19.4. The van der Waals surface area contributed by atoms with Crippen LogP contribution in [0.2, 0.25) is 10.0 Å². The molecule has 0 heterocycles. The Balaban J connectivity index is 1.73. The third kappa shape index (κ3) is 4.49. The summed E-state index contributed by atoms with van der Waals surface area (Å²) in [5.74, 6) is -0.589. The van der Waals surface area contributed by atoms with E-state index in [1.165, 1.54) is 0 Å². The fourth-order valence-corrected chi connectivity index (χ4v) is 2.76. The van der Waals surface area contributed by atoms with Crippen LogP contribution in [0.15, 0.2) is 30.9 Å². The second kappa shape index (κ2) is 7.65. The smallest absolute Gasteiger partial charge is 0.224 e. The van der Waals surface area contributed by atoms with Gasteiger partial charge in [-0.2, -0.15) is 0 Å². The number of benzene rings is 1. The number of halogens is 2. The molecule has 0 saturated heterocycles. The topological polar surface area (TPSA) is 58.2 Å². The van der Waals surface area contributed by atoms with Crippen LogP contribution in [0.25, 0.3) is 0 Å². The molecule has 0 aliphatic heterocycles. The molecule has 0 radical (unpaired) electrons. The fraction of sp³-hybridized carbons (Fsp3) is 0.375. The van der Waals surface area contributed by atoms with E-state index >= 15 is 0 Å². The van der Waals surface area contributed by atoms with E-state index in [1.807, 2.05) is 6.07 Å². The summed E-state index contributed by atoms with van der Waals surface area (Å²) >= 11 is 11.9. The Hall–Kier alpha value is -1.52. The maximum atomic E-state index is 12.0. The molecule has 2 unspecified atom stereocenters. The van der Waals surface area contributed by atoms with E-state index in [0.717, 1.165) is 5.56 Å². The number of hydrogen-bond acceptors (Lipinski definition) is 2. The number of hydrogen-bond donors (Lipinski definition) is 2. The summed E-state index contributed by atoms with van der Waals surface area (Å²) in [5, 5.41) is 6.73. The predicted molar refractivity (Wildman–Crippen MR) is 88.0 cm³/mol. The lowest BCUT2D eigenvalue weighted by Crippen LogP contribution is -2.31. The van der Waals surface area contributed by atoms with Crippen LogP contribution in [-0.4, -0.2) is 24.9 Å². The summed E-state index contributed by atoms with van der Waals surface area (Å²) < 4.78 is 0. The standard InChI is InChI=1S/C16H18Cl2N2O2/c1-2-6-19-15(21)12-9-13(12)16(22)20-7-5-10-3-4-11(17)8-14(10)18/h2-4,8,12-13H,1,5-7,9H2,(H,19,21)(H,20,22). The zero-order chi connectivity index (χ0) is 16.1. The van der Waals surface area contributed by atoms with Crippen molar-refractivity contribution in [3.05, 3.63) is 46.5 Å². The van der Waals surface area contributed by atoms with E-state index in [9.17, 15) is 9.59 Å². The van der Waals surface area contributed by atoms with Gasteiger partial charge in [-0.15, -0.1) is 6.58 Å². The van der Waals surface area contributed by atoms with Crippen molar-refractivity contribution in [3.8, 4) is 0 Å². The van der Waals surface area contributed by atoms with Gasteiger partial charge >= 0.3 is 0 Å². The van der Waals surface area contributed by atoms with Gasteiger partial charge < -0.3 is 10.6 Å². The predicted octanol–water partition coefficient (Wildman–Crippen LogP) is 2.59. The highest BCUT2D eigenvalue weighted by Crippen LogP contribution is 2.38. The largest absolute Gasteiger partial charge is 0.356 e. The molecular weight excluding hydrogens is 323 g/mol. The molecule has 1 aromatic carbocycles. The maximum absolute atomic E-state index is 12.0. The van der Waals surface area contributed by atoms with E-state index in [-0.39, 0.29) is 23.7 Å². The Morgan fingerprint density at radius 2 is 1.91 bits per heavy atom. The van der Waals surface area contributed by atoms with Gasteiger partial charge in [0.15, 0.2) is 0 Å². The van der Waals surface area contributed by atoms with Crippen LogP contribution in [-0.2, 0) is 16.0 Å². The molecule has 2 amide bonds. The van der Waals surface area contributed by atoms with Crippen molar-refractivity contribution in [2.75, 3.05) is 13.1 Å². The van der Waals surface area contributed by atoms with E-state index in [4.69, 9.17) is 23.2 Å². The number of amides is 2. The highest BCUT2D eigenvalue weighted by atomic mass is 35.5. The van der Waals surface area contributed by atoms with Crippen molar-refractivity contribution in [3.63, 3.8) is 0 Å². The Morgan fingerprint density at radius 1 is 1.23 bits per heavy atom. The molecule has 2 N–H and O–H groups in total. The van der Waals surface area contributed by atoms with Gasteiger partial charge in [0, 0.05) is 23.1 Å². The molecule has 118 valence electrons. The first kappa shape index (κ1) is 16.8. The number of nitrogens with one attached hydrogen (secondary N) is 2. The maximum Gasteiger partial charge on any atom is 0.224 e. The molecule has 1 aliphatic rings. The second-order valence-corrected chi connectivity index (χ2v) is 6.10. The lowest BCUT2D eigenvalue weighted by Gasteiger charge is -2.07. The van der Waals surface area contributed by atoms with Crippen molar-refractivity contribution in [1.29, 1.82) is 0 Å². The van der Waals surface area contributed by atoms with E-state index < -0.39 is 0 Å². The SMILES string of the molecule is C=CCNC(=O)C1CC1C(=O)NCCc1ccc(Cl)cc1Cl. The van der Waals surface area contributed by atoms with Crippen molar-refractivity contribution in [2.45, 2.75) is 12.8 Å². The van der Waals surface area contributed by atoms with Crippen LogP contribution >= 0.6 is 23.2 Å². The molecule has 0 bridgehead atoms. The molecule has 1 aromatic rings. The third-order valence-electron chi connectivity index (χ3n) is 3.59. The highest BCUT2D eigenvalue weighted by Gasteiger charge is 2.47. The van der Waals surface area contributed by atoms with Crippen molar-refractivity contribution >= 4 is 35.0 Å². The molecule has 0 spiro atoms. The molecule has 2 rings (SSSR count). The molecular formula is C16H18Cl2N2O2. The Labute approximate surface area is 139 Å². The molecule has 1 saturated carbocycles. The molecule has 4 nitrogen and oxygen atoms in total. The average Bonchev–Trinajstić information content (AvgIpc) is 3.27. The fourth-order valence-electron chi connectivity index (χ4n) is 2.25. The van der Waals surface area contributed by atoms with E-state index in [0.29, 0.717) is 36.0 Å². The quantitative estimate of drug-likeness (QED) is 0.749. The third-order valence-corrected chi connectivity index (χ3v) is 4.18. The highest BCUT2D eigenvalue weighted by molar-refractivity contribution is 6.35. The first-order chi connectivity index (χ1) is 10.5. The summed E-state index contributed by atoms with van der Waals surface area (Å²) in [5.41, 5.74) is 0.933.